The summed E-state index contributed by atoms with van der Waals surface area (Å²) >= 11 is 3.10. The van der Waals surface area contributed by atoms with E-state index in [1.807, 2.05) is 6.26 Å². The molecule has 5 heteroatoms. The smallest absolute Gasteiger partial charge is 0.171 e. The molecule has 3 nitrogen and oxygen atoms in total. The maximum absolute atomic E-state index is 11.4. The molecular formula is C11H16N2OS2. The molecule has 1 aromatic rings. The highest BCUT2D eigenvalue weighted by atomic mass is 32.2. The highest BCUT2D eigenvalue weighted by Gasteiger charge is 2.23. The Morgan fingerprint density at radius 3 is 2.69 bits per heavy atom. The van der Waals surface area contributed by atoms with E-state index in [0.717, 1.165) is 9.90 Å². The van der Waals surface area contributed by atoms with Gasteiger partial charge in [0, 0.05) is 13.0 Å². The average Bonchev–Trinajstić information content (AvgIpc) is 2.48. The van der Waals surface area contributed by atoms with Crippen molar-refractivity contribution >= 4 is 39.6 Å². The van der Waals surface area contributed by atoms with E-state index >= 15 is 0 Å². The standard InChI is InChI=1S/C11H16N2OS2/c1-6(14)9-8(12)10(15-2)11(16-9)13-7-4-3-5-7/h7,13H,3-5,12H2,1-2H3. The lowest BCUT2D eigenvalue weighted by molar-refractivity contribution is 0.102. The molecule has 0 aliphatic heterocycles. The van der Waals surface area contributed by atoms with Gasteiger partial charge in [0.25, 0.3) is 0 Å². The van der Waals surface area contributed by atoms with Gasteiger partial charge in [-0.15, -0.1) is 23.1 Å². The Hall–Kier alpha value is -0.680. The predicted molar refractivity (Wildman–Crippen MR) is 71.8 cm³/mol. The number of carbonyl (C=O) groups excluding carboxylic acids is 1. The van der Waals surface area contributed by atoms with Gasteiger partial charge in [0.2, 0.25) is 0 Å². The summed E-state index contributed by atoms with van der Waals surface area (Å²) in [6, 6.07) is 0.573. The third kappa shape index (κ3) is 2.06. The number of nitrogens with one attached hydrogen (secondary N) is 1. The summed E-state index contributed by atoms with van der Waals surface area (Å²) in [4.78, 5) is 13.1. The summed E-state index contributed by atoms with van der Waals surface area (Å²) in [6.45, 7) is 1.57. The zero-order chi connectivity index (χ0) is 11.7. The van der Waals surface area contributed by atoms with Gasteiger partial charge in [0.1, 0.15) is 5.00 Å². The van der Waals surface area contributed by atoms with Gasteiger partial charge < -0.3 is 11.1 Å². The van der Waals surface area contributed by atoms with Crippen molar-refractivity contribution in [2.75, 3.05) is 17.3 Å². The monoisotopic (exact) mass is 256 g/mol. The molecule has 0 atom stereocenters. The minimum Gasteiger partial charge on any atom is -0.396 e. The van der Waals surface area contributed by atoms with Crippen LogP contribution in [0.15, 0.2) is 4.90 Å². The van der Waals surface area contributed by atoms with Crippen LogP contribution < -0.4 is 11.1 Å². The van der Waals surface area contributed by atoms with E-state index in [0.29, 0.717) is 16.6 Å². The van der Waals surface area contributed by atoms with E-state index in [-0.39, 0.29) is 5.78 Å². The van der Waals surface area contributed by atoms with Crippen LogP contribution in [-0.4, -0.2) is 18.1 Å². The zero-order valence-corrected chi connectivity index (χ0v) is 11.1. The van der Waals surface area contributed by atoms with E-state index < -0.39 is 0 Å². The number of anilines is 2. The van der Waals surface area contributed by atoms with Crippen LogP contribution in [0.5, 0.6) is 0 Å². The van der Waals surface area contributed by atoms with Crippen molar-refractivity contribution in [3.05, 3.63) is 4.88 Å². The van der Waals surface area contributed by atoms with Gasteiger partial charge in [-0.05, 0) is 25.5 Å². The Bertz CT molecular complexity index is 410. The summed E-state index contributed by atoms with van der Waals surface area (Å²) in [5.74, 6) is 0.0551. The van der Waals surface area contributed by atoms with Gasteiger partial charge in [0.05, 0.1) is 15.5 Å². The summed E-state index contributed by atoms with van der Waals surface area (Å²) in [7, 11) is 0. The quantitative estimate of drug-likeness (QED) is 0.641. The van der Waals surface area contributed by atoms with E-state index in [1.54, 1.807) is 18.7 Å². The maximum atomic E-state index is 11.4. The van der Waals surface area contributed by atoms with Gasteiger partial charge in [-0.3, -0.25) is 4.79 Å². The molecule has 0 amide bonds. The molecule has 0 radical (unpaired) electrons. The van der Waals surface area contributed by atoms with Crippen molar-refractivity contribution in [1.82, 2.24) is 0 Å². The largest absolute Gasteiger partial charge is 0.396 e. The Labute approximate surface area is 104 Å². The minimum absolute atomic E-state index is 0.0551. The van der Waals surface area contributed by atoms with Crippen molar-refractivity contribution < 1.29 is 4.79 Å². The second-order valence-corrected chi connectivity index (χ2v) is 5.87. The molecule has 0 aromatic carbocycles. The Morgan fingerprint density at radius 2 is 2.25 bits per heavy atom. The number of Topliss-reactive ketones (excluding diaryl/α,β-unsaturated/α-hetero) is 1. The maximum Gasteiger partial charge on any atom is 0.171 e. The van der Waals surface area contributed by atoms with Crippen LogP contribution in [0, 0.1) is 0 Å². The normalized spacial score (nSPS) is 15.9. The molecule has 0 spiro atoms. The van der Waals surface area contributed by atoms with E-state index in [4.69, 9.17) is 5.73 Å². The fraction of sp³-hybridized carbons (Fsp3) is 0.545. The summed E-state index contributed by atoms with van der Waals surface area (Å²) < 4.78 is 0. The third-order valence-corrected chi connectivity index (χ3v) is 5.06. The molecular weight excluding hydrogens is 240 g/mol. The molecule has 16 heavy (non-hydrogen) atoms. The lowest BCUT2D eigenvalue weighted by Crippen LogP contribution is -2.26. The molecule has 1 saturated carbocycles. The predicted octanol–water partition coefficient (Wildman–Crippen LogP) is 3.22. The number of thioether (sulfide) groups is 1. The van der Waals surface area contributed by atoms with Crippen LogP contribution in [-0.2, 0) is 0 Å². The van der Waals surface area contributed by atoms with Crippen molar-refractivity contribution in [1.29, 1.82) is 0 Å². The first kappa shape index (κ1) is 11.8. The van der Waals surface area contributed by atoms with Gasteiger partial charge in [0.15, 0.2) is 5.78 Å². The molecule has 3 N–H and O–H groups in total. The van der Waals surface area contributed by atoms with Crippen molar-refractivity contribution in [2.24, 2.45) is 0 Å². The molecule has 1 fully saturated rings. The molecule has 0 unspecified atom stereocenters. The summed E-state index contributed by atoms with van der Waals surface area (Å²) in [5, 5.41) is 4.55. The molecule has 0 bridgehead atoms. The van der Waals surface area contributed by atoms with Crippen LogP contribution in [0.25, 0.3) is 0 Å². The highest BCUT2D eigenvalue weighted by Crippen LogP contribution is 2.43. The summed E-state index contributed by atoms with van der Waals surface area (Å²) in [5.41, 5.74) is 6.62. The molecule has 1 aliphatic rings. The second-order valence-electron chi connectivity index (χ2n) is 4.04. The van der Waals surface area contributed by atoms with Crippen LogP contribution in [0.2, 0.25) is 0 Å². The van der Waals surface area contributed by atoms with Crippen LogP contribution in [0.1, 0.15) is 35.9 Å². The Balaban J connectivity index is 2.27. The zero-order valence-electron chi connectivity index (χ0n) is 9.50. The first-order valence-electron chi connectivity index (χ1n) is 5.37. The lowest BCUT2D eigenvalue weighted by Gasteiger charge is -2.27. The summed E-state index contributed by atoms with van der Waals surface area (Å²) in [6.07, 6.45) is 5.74. The first-order valence-corrected chi connectivity index (χ1v) is 7.41. The molecule has 2 rings (SSSR count). The number of nitrogen functional groups attached to an aromatic ring is 1. The molecule has 1 aromatic heterocycles. The van der Waals surface area contributed by atoms with E-state index in [9.17, 15) is 4.79 Å². The Morgan fingerprint density at radius 1 is 1.56 bits per heavy atom. The van der Waals surface area contributed by atoms with Crippen LogP contribution in [0.3, 0.4) is 0 Å². The SMILES string of the molecule is CSc1c(NC2CCC2)sc(C(C)=O)c1N. The first-order chi connectivity index (χ1) is 7.63. The fourth-order valence-corrected chi connectivity index (χ4v) is 3.72. The molecule has 1 aliphatic carbocycles. The second kappa shape index (κ2) is 4.67. The Kier molecular flexibility index (Phi) is 3.44. The topological polar surface area (TPSA) is 55.1 Å². The fourth-order valence-electron chi connectivity index (χ4n) is 1.73. The van der Waals surface area contributed by atoms with Crippen molar-refractivity contribution in [2.45, 2.75) is 37.1 Å². The van der Waals surface area contributed by atoms with Crippen LogP contribution in [0.4, 0.5) is 10.7 Å². The van der Waals surface area contributed by atoms with Crippen molar-refractivity contribution in [3.63, 3.8) is 0 Å². The number of thiophene rings is 1. The van der Waals surface area contributed by atoms with E-state index in [2.05, 4.69) is 5.32 Å². The number of rotatable bonds is 4. The molecule has 0 saturated heterocycles. The van der Waals surface area contributed by atoms with Gasteiger partial charge in [-0.1, -0.05) is 0 Å². The molecule has 1 heterocycles. The number of ketones is 1. The lowest BCUT2D eigenvalue weighted by atomic mass is 9.93. The van der Waals surface area contributed by atoms with Crippen molar-refractivity contribution in [3.8, 4) is 0 Å². The van der Waals surface area contributed by atoms with Gasteiger partial charge in [-0.25, -0.2) is 0 Å². The average molecular weight is 256 g/mol. The van der Waals surface area contributed by atoms with Gasteiger partial charge in [-0.2, -0.15) is 0 Å². The minimum atomic E-state index is 0.0551. The number of carbonyl (C=O) groups is 1. The number of hydrogen-bond donors (Lipinski definition) is 2. The van der Waals surface area contributed by atoms with E-state index in [1.165, 1.54) is 30.6 Å². The molecule has 88 valence electrons. The van der Waals surface area contributed by atoms with Crippen LogP contribution >= 0.6 is 23.1 Å². The number of hydrogen-bond acceptors (Lipinski definition) is 5. The highest BCUT2D eigenvalue weighted by molar-refractivity contribution is 7.99. The van der Waals surface area contributed by atoms with Gasteiger partial charge >= 0.3 is 0 Å². The third-order valence-electron chi connectivity index (χ3n) is 2.86. The number of nitrogens with two attached hydrogens (primary N) is 1.